The Hall–Kier alpha value is -3.17. The highest BCUT2D eigenvalue weighted by Crippen LogP contribution is 2.40. The van der Waals surface area contributed by atoms with Crippen LogP contribution >= 0.6 is 11.6 Å². The highest BCUT2D eigenvalue weighted by Gasteiger charge is 2.24. The maximum Gasteiger partial charge on any atom is 0.205 e. The highest BCUT2D eigenvalue weighted by molar-refractivity contribution is 6.31. The molecular weight excluding hydrogens is 452 g/mol. The molecule has 4 heterocycles. The van der Waals surface area contributed by atoms with Crippen LogP contribution in [0.15, 0.2) is 41.4 Å². The summed E-state index contributed by atoms with van der Waals surface area (Å²) in [6.07, 6.45) is 8.04. The van der Waals surface area contributed by atoms with Gasteiger partial charge in [-0.05, 0) is 45.0 Å². The average molecular weight is 474 g/mol. The number of aromatic nitrogens is 3. The standard InChI is InChI=1S/C23H22ClF2N5O2/c1-12(19-17(25)2-3-18(26)20(19)24)33-22-21-15(9-29-23(22)27)16(11-32-21)13-8-30-31(10-13)14-4-6-28-7-5-14/h2-3,8-12,14,28H,4-7H2,1H3,(H2,27,29)/t12-/m1/s1. The fourth-order valence-electron chi connectivity index (χ4n) is 4.22. The maximum absolute atomic E-state index is 14.4. The van der Waals surface area contributed by atoms with Gasteiger partial charge in [-0.15, -0.1) is 0 Å². The van der Waals surface area contributed by atoms with Gasteiger partial charge >= 0.3 is 0 Å². The van der Waals surface area contributed by atoms with E-state index in [1.807, 2.05) is 10.9 Å². The van der Waals surface area contributed by atoms with Crippen molar-refractivity contribution in [2.24, 2.45) is 0 Å². The number of hydrogen-bond donors (Lipinski definition) is 2. The molecule has 0 bridgehead atoms. The summed E-state index contributed by atoms with van der Waals surface area (Å²) in [6, 6.07) is 2.31. The number of rotatable bonds is 5. The van der Waals surface area contributed by atoms with Gasteiger partial charge in [0.05, 0.1) is 22.6 Å². The first-order valence-electron chi connectivity index (χ1n) is 10.6. The quantitative estimate of drug-likeness (QED) is 0.384. The van der Waals surface area contributed by atoms with Crippen LogP contribution in [0.4, 0.5) is 14.6 Å². The van der Waals surface area contributed by atoms with Crippen LogP contribution in [0.1, 0.15) is 37.5 Å². The van der Waals surface area contributed by atoms with Crippen molar-refractivity contribution in [2.45, 2.75) is 31.9 Å². The van der Waals surface area contributed by atoms with Crippen molar-refractivity contribution in [1.82, 2.24) is 20.1 Å². The summed E-state index contributed by atoms with van der Waals surface area (Å²) in [7, 11) is 0. The molecule has 1 saturated heterocycles. The predicted octanol–water partition coefficient (Wildman–Crippen LogP) is 5.27. The molecule has 1 fully saturated rings. The van der Waals surface area contributed by atoms with Gasteiger partial charge in [-0.2, -0.15) is 5.10 Å². The van der Waals surface area contributed by atoms with Crippen LogP contribution in [-0.4, -0.2) is 27.9 Å². The van der Waals surface area contributed by atoms with E-state index in [1.165, 1.54) is 0 Å². The van der Waals surface area contributed by atoms with Gasteiger partial charge in [0, 0.05) is 29.1 Å². The zero-order chi connectivity index (χ0) is 23.1. The van der Waals surface area contributed by atoms with Crippen LogP contribution < -0.4 is 15.8 Å². The van der Waals surface area contributed by atoms with Crippen molar-refractivity contribution < 1.29 is 17.9 Å². The topological polar surface area (TPSA) is 91.1 Å². The van der Waals surface area contributed by atoms with Gasteiger partial charge in [-0.25, -0.2) is 13.8 Å². The third kappa shape index (κ3) is 3.91. The Balaban J connectivity index is 1.49. The molecule has 172 valence electrons. The number of fused-ring (bicyclic) bond motifs is 1. The normalized spacial score (nSPS) is 15.8. The van der Waals surface area contributed by atoms with Crippen LogP contribution in [0.25, 0.3) is 22.1 Å². The van der Waals surface area contributed by atoms with E-state index in [1.54, 1.807) is 25.6 Å². The maximum atomic E-state index is 14.4. The molecule has 0 aliphatic carbocycles. The Morgan fingerprint density at radius 1 is 1.24 bits per heavy atom. The first kappa shape index (κ1) is 21.7. The van der Waals surface area contributed by atoms with E-state index < -0.39 is 17.7 Å². The number of nitrogen functional groups attached to an aromatic ring is 1. The van der Waals surface area contributed by atoms with Crippen molar-refractivity contribution in [3.63, 3.8) is 0 Å². The molecule has 3 N–H and O–H groups in total. The van der Waals surface area contributed by atoms with Crippen molar-refractivity contribution in [3.05, 3.63) is 59.2 Å². The minimum absolute atomic E-state index is 0.0635. The molecule has 1 aromatic carbocycles. The minimum atomic E-state index is -0.945. The number of nitrogens with one attached hydrogen (secondary N) is 1. The van der Waals surface area contributed by atoms with Gasteiger partial charge in [0.1, 0.15) is 24.0 Å². The number of piperidine rings is 1. The van der Waals surface area contributed by atoms with Crippen molar-refractivity contribution in [3.8, 4) is 16.9 Å². The third-order valence-corrected chi connectivity index (χ3v) is 6.36. The third-order valence-electron chi connectivity index (χ3n) is 5.98. The van der Waals surface area contributed by atoms with E-state index >= 15 is 0 Å². The number of pyridine rings is 1. The van der Waals surface area contributed by atoms with Gasteiger partial charge in [-0.3, -0.25) is 4.68 Å². The Morgan fingerprint density at radius 2 is 2.00 bits per heavy atom. The number of ether oxygens (including phenoxy) is 1. The first-order chi connectivity index (χ1) is 15.9. The smallest absolute Gasteiger partial charge is 0.205 e. The zero-order valence-corrected chi connectivity index (χ0v) is 18.6. The molecule has 0 spiro atoms. The van der Waals surface area contributed by atoms with E-state index in [2.05, 4.69) is 15.4 Å². The van der Waals surface area contributed by atoms with Crippen LogP contribution in [0, 0.1) is 11.6 Å². The van der Waals surface area contributed by atoms with E-state index in [9.17, 15) is 8.78 Å². The van der Waals surface area contributed by atoms with Crippen molar-refractivity contribution >= 4 is 28.4 Å². The number of nitrogens with two attached hydrogens (primary N) is 1. The fraction of sp³-hybridized carbons (Fsp3) is 0.304. The second kappa shape index (κ2) is 8.64. The lowest BCUT2D eigenvalue weighted by molar-refractivity contribution is 0.221. The molecule has 0 saturated carbocycles. The molecule has 0 unspecified atom stereocenters. The predicted molar refractivity (Wildman–Crippen MR) is 121 cm³/mol. The van der Waals surface area contributed by atoms with E-state index in [-0.39, 0.29) is 22.2 Å². The van der Waals surface area contributed by atoms with Crippen LogP contribution in [0.2, 0.25) is 5.02 Å². The van der Waals surface area contributed by atoms with Gasteiger partial charge < -0.3 is 20.2 Å². The van der Waals surface area contributed by atoms with Gasteiger partial charge in [-0.1, -0.05) is 11.6 Å². The molecule has 1 atom stereocenters. The molecule has 0 radical (unpaired) electrons. The number of anilines is 1. The first-order valence-corrected chi connectivity index (χ1v) is 11.0. The molecule has 5 rings (SSSR count). The van der Waals surface area contributed by atoms with Gasteiger partial charge in [0.15, 0.2) is 11.4 Å². The number of benzene rings is 1. The molecule has 3 aromatic heterocycles. The Kier molecular flexibility index (Phi) is 5.67. The lowest BCUT2D eigenvalue weighted by Crippen LogP contribution is -2.29. The lowest BCUT2D eigenvalue weighted by atomic mass is 10.1. The van der Waals surface area contributed by atoms with Crippen molar-refractivity contribution in [1.29, 1.82) is 0 Å². The fourth-order valence-corrected chi connectivity index (χ4v) is 4.52. The summed E-state index contributed by atoms with van der Waals surface area (Å²) in [5.41, 5.74) is 7.95. The molecule has 0 amide bonds. The summed E-state index contributed by atoms with van der Waals surface area (Å²) in [5.74, 6) is -1.22. The molecular formula is C23H22ClF2N5O2. The summed E-state index contributed by atoms with van der Waals surface area (Å²) in [4.78, 5) is 4.23. The summed E-state index contributed by atoms with van der Waals surface area (Å²) in [5, 5.41) is 8.21. The molecule has 1 aliphatic rings. The molecule has 4 aromatic rings. The zero-order valence-electron chi connectivity index (χ0n) is 17.8. The number of nitrogens with zero attached hydrogens (tertiary/aromatic N) is 3. The Labute approximate surface area is 193 Å². The monoisotopic (exact) mass is 473 g/mol. The summed E-state index contributed by atoms with van der Waals surface area (Å²) >= 11 is 5.99. The van der Waals surface area contributed by atoms with Crippen molar-refractivity contribution in [2.75, 3.05) is 18.8 Å². The lowest BCUT2D eigenvalue weighted by Gasteiger charge is -2.22. The molecule has 33 heavy (non-hydrogen) atoms. The Bertz CT molecular complexity index is 1320. The largest absolute Gasteiger partial charge is 0.478 e. The van der Waals surface area contributed by atoms with Crippen LogP contribution in [0.3, 0.4) is 0 Å². The van der Waals surface area contributed by atoms with E-state index in [0.717, 1.165) is 49.2 Å². The Morgan fingerprint density at radius 3 is 2.79 bits per heavy atom. The average Bonchev–Trinajstić information content (AvgIpc) is 3.46. The number of hydrogen-bond acceptors (Lipinski definition) is 6. The van der Waals surface area contributed by atoms with Crippen LogP contribution in [-0.2, 0) is 0 Å². The van der Waals surface area contributed by atoms with Gasteiger partial charge in [0.2, 0.25) is 5.75 Å². The van der Waals surface area contributed by atoms with E-state index in [0.29, 0.717) is 17.0 Å². The minimum Gasteiger partial charge on any atom is -0.478 e. The highest BCUT2D eigenvalue weighted by atomic mass is 35.5. The SMILES string of the molecule is C[C@@H](Oc1c(N)ncc2c(-c3cnn(C4CCNCC4)c3)coc12)c1c(F)ccc(F)c1Cl. The summed E-state index contributed by atoms with van der Waals surface area (Å²) in [6.45, 7) is 3.48. The summed E-state index contributed by atoms with van der Waals surface area (Å²) < 4.78 is 42.0. The van der Waals surface area contributed by atoms with Crippen LogP contribution in [0.5, 0.6) is 5.75 Å². The second-order valence-electron chi connectivity index (χ2n) is 8.07. The molecule has 7 nitrogen and oxygen atoms in total. The van der Waals surface area contributed by atoms with E-state index in [4.69, 9.17) is 26.5 Å². The van der Waals surface area contributed by atoms with Gasteiger partial charge in [0.25, 0.3) is 0 Å². The number of halogens is 3. The number of furan rings is 1. The second-order valence-corrected chi connectivity index (χ2v) is 8.45. The molecule has 10 heteroatoms. The molecule has 1 aliphatic heterocycles.